The van der Waals surface area contributed by atoms with E-state index in [0.717, 1.165) is 0 Å². The average Bonchev–Trinajstić information content (AvgIpc) is 2.98. The molecule has 7 nitrogen and oxygen atoms in total. The topological polar surface area (TPSA) is 108 Å². The van der Waals surface area contributed by atoms with Crippen molar-refractivity contribution in [1.82, 2.24) is 16.0 Å². The minimum absolute atomic E-state index is 0.000249. The molecule has 10 heteroatoms. The molecular weight excluding hydrogens is 412 g/mol. The Morgan fingerprint density at radius 1 is 1.29 bits per heavy atom. The molecule has 1 aromatic rings. The van der Waals surface area contributed by atoms with Crippen molar-refractivity contribution < 1.29 is 23.9 Å². The summed E-state index contributed by atoms with van der Waals surface area (Å²) in [5.74, 6) is -2.78. The minimum Gasteiger partial charge on any atom is -0.393 e. The predicted molar refractivity (Wildman–Crippen MR) is 100 cm³/mol. The molecule has 152 valence electrons. The first-order chi connectivity index (χ1) is 13.3. The molecule has 2 aliphatic rings. The van der Waals surface area contributed by atoms with Crippen LogP contribution in [0.1, 0.15) is 37.3 Å². The molecule has 1 aromatic carbocycles. The first-order valence-corrected chi connectivity index (χ1v) is 9.71. The Morgan fingerprint density at radius 2 is 2.04 bits per heavy atom. The zero-order chi connectivity index (χ0) is 20.4. The van der Waals surface area contributed by atoms with Crippen molar-refractivity contribution in [2.75, 3.05) is 6.54 Å². The second-order valence-electron chi connectivity index (χ2n) is 7.13. The summed E-state index contributed by atoms with van der Waals surface area (Å²) >= 11 is 12.3. The van der Waals surface area contributed by atoms with E-state index in [2.05, 4.69) is 16.0 Å². The number of amides is 4. The van der Waals surface area contributed by atoms with Gasteiger partial charge in [-0.25, -0.2) is 9.18 Å². The van der Waals surface area contributed by atoms with Crippen LogP contribution in [-0.4, -0.2) is 35.6 Å². The van der Waals surface area contributed by atoms with Gasteiger partial charge in [0.25, 0.3) is 0 Å². The van der Waals surface area contributed by atoms with Crippen molar-refractivity contribution >= 4 is 41.0 Å². The molecule has 1 heterocycles. The Labute approximate surface area is 170 Å². The maximum absolute atomic E-state index is 14.6. The van der Waals surface area contributed by atoms with Gasteiger partial charge in [-0.15, -0.1) is 0 Å². The van der Waals surface area contributed by atoms with Crippen LogP contribution < -0.4 is 16.0 Å². The SMILES string of the molecule is O=C1C[C@H](C(=O)N[C@H](c2c(F)ccc(Cl)c2Cl)[C@@H]2CC[C@H](O)C2)CNC(=O)N1. The van der Waals surface area contributed by atoms with Gasteiger partial charge in [0.2, 0.25) is 11.8 Å². The van der Waals surface area contributed by atoms with Crippen LogP contribution in [0.2, 0.25) is 10.0 Å². The van der Waals surface area contributed by atoms with E-state index in [-0.39, 0.29) is 34.5 Å². The van der Waals surface area contributed by atoms with E-state index >= 15 is 0 Å². The Kier molecular flexibility index (Phi) is 6.42. The quantitative estimate of drug-likeness (QED) is 0.548. The van der Waals surface area contributed by atoms with E-state index in [0.29, 0.717) is 19.3 Å². The number of hydrogen-bond acceptors (Lipinski definition) is 4. The second kappa shape index (κ2) is 8.63. The molecule has 1 saturated heterocycles. The Hall–Kier alpha value is -1.90. The summed E-state index contributed by atoms with van der Waals surface area (Å²) in [5.41, 5.74) is 0.0590. The molecule has 0 spiro atoms. The Bertz CT molecular complexity index is 807. The van der Waals surface area contributed by atoms with Gasteiger partial charge >= 0.3 is 6.03 Å². The van der Waals surface area contributed by atoms with Crippen LogP contribution in [0.5, 0.6) is 0 Å². The van der Waals surface area contributed by atoms with Gasteiger partial charge in [0.05, 0.1) is 28.1 Å². The van der Waals surface area contributed by atoms with Gasteiger partial charge in [0.15, 0.2) is 0 Å². The van der Waals surface area contributed by atoms with E-state index in [1.54, 1.807) is 0 Å². The first-order valence-electron chi connectivity index (χ1n) is 8.95. The highest BCUT2D eigenvalue weighted by Gasteiger charge is 2.37. The highest BCUT2D eigenvalue weighted by Crippen LogP contribution is 2.41. The van der Waals surface area contributed by atoms with Gasteiger partial charge in [0.1, 0.15) is 5.82 Å². The number of aliphatic hydroxyl groups is 1. The van der Waals surface area contributed by atoms with Gasteiger partial charge in [-0.05, 0) is 37.3 Å². The number of carbonyl (C=O) groups excluding carboxylic acids is 3. The third kappa shape index (κ3) is 4.56. The fourth-order valence-electron chi connectivity index (χ4n) is 3.74. The number of carbonyl (C=O) groups is 3. The lowest BCUT2D eigenvalue weighted by Gasteiger charge is -2.28. The van der Waals surface area contributed by atoms with Crippen molar-refractivity contribution in [2.45, 2.75) is 37.8 Å². The van der Waals surface area contributed by atoms with Crippen LogP contribution in [-0.2, 0) is 9.59 Å². The zero-order valence-electron chi connectivity index (χ0n) is 14.8. The Balaban J connectivity index is 1.88. The first kappa shape index (κ1) is 20.8. The minimum atomic E-state index is -0.821. The summed E-state index contributed by atoms with van der Waals surface area (Å²) < 4.78 is 14.6. The molecule has 28 heavy (non-hydrogen) atoms. The molecule has 4 amide bonds. The maximum atomic E-state index is 14.6. The monoisotopic (exact) mass is 431 g/mol. The third-order valence-corrected chi connectivity index (χ3v) is 5.99. The largest absolute Gasteiger partial charge is 0.393 e. The summed E-state index contributed by atoms with van der Waals surface area (Å²) in [4.78, 5) is 36.0. The summed E-state index contributed by atoms with van der Waals surface area (Å²) in [6.45, 7) is -0.0326. The summed E-state index contributed by atoms with van der Waals surface area (Å²) in [7, 11) is 0. The van der Waals surface area contributed by atoms with Crippen molar-refractivity contribution in [3.05, 3.63) is 33.6 Å². The van der Waals surface area contributed by atoms with E-state index in [9.17, 15) is 23.9 Å². The number of halogens is 3. The van der Waals surface area contributed by atoms with E-state index < -0.39 is 41.7 Å². The molecule has 1 aliphatic carbocycles. The van der Waals surface area contributed by atoms with E-state index in [1.165, 1.54) is 12.1 Å². The van der Waals surface area contributed by atoms with Crippen molar-refractivity contribution in [3.8, 4) is 0 Å². The lowest BCUT2D eigenvalue weighted by Crippen LogP contribution is -2.41. The standard InChI is InChI=1S/C18H20Cl2FN3O4/c19-11-3-4-12(21)14(15(11)20)16(8-1-2-10(25)5-8)24-17(27)9-6-13(26)23-18(28)22-7-9/h3-4,8-10,16,25H,1-2,5-7H2,(H,24,27)(H2,22,23,26,28)/t8-,9+,10+,16+/m1/s1. The van der Waals surface area contributed by atoms with Crippen molar-refractivity contribution in [1.29, 1.82) is 0 Å². The molecule has 0 aromatic heterocycles. The van der Waals surface area contributed by atoms with Gasteiger partial charge in [-0.2, -0.15) is 0 Å². The van der Waals surface area contributed by atoms with E-state index in [1.807, 2.05) is 0 Å². The molecular formula is C18H20Cl2FN3O4. The molecule has 1 aliphatic heterocycles. The lowest BCUT2D eigenvalue weighted by atomic mass is 9.90. The molecule has 0 unspecified atom stereocenters. The zero-order valence-corrected chi connectivity index (χ0v) is 16.3. The van der Waals surface area contributed by atoms with Crippen LogP contribution in [0.3, 0.4) is 0 Å². The fraction of sp³-hybridized carbons (Fsp3) is 0.500. The summed E-state index contributed by atoms with van der Waals surface area (Å²) in [5, 5.41) is 17.4. The number of imide groups is 1. The number of rotatable bonds is 4. The second-order valence-corrected chi connectivity index (χ2v) is 7.91. The van der Waals surface area contributed by atoms with Crippen LogP contribution in [0.4, 0.5) is 9.18 Å². The van der Waals surface area contributed by atoms with Gasteiger partial charge in [0, 0.05) is 18.5 Å². The molecule has 2 fully saturated rings. The normalized spacial score (nSPS) is 26.2. The molecule has 3 rings (SSSR count). The van der Waals surface area contributed by atoms with Crippen molar-refractivity contribution in [3.63, 3.8) is 0 Å². The summed E-state index contributed by atoms with van der Waals surface area (Å²) in [6.07, 6.45) is 0.730. The summed E-state index contributed by atoms with van der Waals surface area (Å²) in [6, 6.07) is 1.02. The van der Waals surface area contributed by atoms with Gasteiger partial charge in [-0.1, -0.05) is 23.2 Å². The molecule has 4 N–H and O–H groups in total. The average molecular weight is 432 g/mol. The lowest BCUT2D eigenvalue weighted by molar-refractivity contribution is -0.130. The van der Waals surface area contributed by atoms with Gasteiger partial charge in [-0.3, -0.25) is 14.9 Å². The van der Waals surface area contributed by atoms with Gasteiger partial charge < -0.3 is 15.7 Å². The van der Waals surface area contributed by atoms with Crippen LogP contribution >= 0.6 is 23.2 Å². The number of aliphatic hydroxyl groups excluding tert-OH is 1. The highest BCUT2D eigenvalue weighted by molar-refractivity contribution is 6.42. The third-order valence-electron chi connectivity index (χ3n) is 5.17. The maximum Gasteiger partial charge on any atom is 0.321 e. The molecule has 0 radical (unpaired) electrons. The fourth-order valence-corrected chi connectivity index (χ4v) is 4.17. The molecule has 4 atom stereocenters. The van der Waals surface area contributed by atoms with Crippen molar-refractivity contribution in [2.24, 2.45) is 11.8 Å². The Morgan fingerprint density at radius 3 is 2.71 bits per heavy atom. The van der Waals surface area contributed by atoms with Crippen LogP contribution in [0, 0.1) is 17.7 Å². The van der Waals surface area contributed by atoms with Crippen LogP contribution in [0.25, 0.3) is 0 Å². The number of urea groups is 1. The van der Waals surface area contributed by atoms with Crippen LogP contribution in [0.15, 0.2) is 12.1 Å². The number of hydrogen-bond donors (Lipinski definition) is 4. The number of benzene rings is 1. The molecule has 0 bridgehead atoms. The smallest absolute Gasteiger partial charge is 0.321 e. The highest BCUT2D eigenvalue weighted by atomic mass is 35.5. The molecule has 1 saturated carbocycles. The predicted octanol–water partition coefficient (Wildman–Crippen LogP) is 2.30. The van der Waals surface area contributed by atoms with E-state index in [4.69, 9.17) is 23.2 Å². The number of nitrogens with one attached hydrogen (secondary N) is 3.